The molecule has 156 valence electrons. The number of hydrogen-bond acceptors (Lipinski definition) is 4. The standard InChI is InChI=1S/C24H28N4OS/c1-6-15-28-22(18-12-8-7-11-17(18)2)26-27-23(28)30-16-21(29)25-20-14-10-9-13-19(20)24(3,4)5/h6-14H,1,15-16H2,2-5H3,(H,25,29). The molecule has 0 aliphatic heterocycles. The van der Waals surface area contributed by atoms with Gasteiger partial charge in [0.05, 0.1) is 5.75 Å². The third-order valence-corrected chi connectivity index (χ3v) is 5.72. The molecular weight excluding hydrogens is 392 g/mol. The van der Waals surface area contributed by atoms with Gasteiger partial charge in [-0.1, -0.05) is 81.1 Å². The minimum Gasteiger partial charge on any atom is -0.325 e. The van der Waals surface area contributed by atoms with Crippen LogP contribution >= 0.6 is 11.8 Å². The second kappa shape index (κ2) is 9.30. The summed E-state index contributed by atoms with van der Waals surface area (Å²) in [6.45, 7) is 12.9. The quantitative estimate of drug-likeness (QED) is 0.407. The highest BCUT2D eigenvalue weighted by Gasteiger charge is 2.20. The van der Waals surface area contributed by atoms with E-state index < -0.39 is 0 Å². The Hall–Kier alpha value is -2.86. The number of carbonyl (C=O) groups is 1. The Balaban J connectivity index is 1.76. The number of anilines is 1. The summed E-state index contributed by atoms with van der Waals surface area (Å²) in [5, 5.41) is 12.5. The van der Waals surface area contributed by atoms with Gasteiger partial charge in [-0.15, -0.1) is 16.8 Å². The maximum absolute atomic E-state index is 12.7. The van der Waals surface area contributed by atoms with Crippen LogP contribution < -0.4 is 5.32 Å². The molecule has 3 rings (SSSR count). The molecule has 0 aliphatic rings. The number of nitrogens with one attached hydrogen (secondary N) is 1. The highest BCUT2D eigenvalue weighted by molar-refractivity contribution is 7.99. The minimum absolute atomic E-state index is 0.0520. The zero-order chi connectivity index (χ0) is 21.7. The summed E-state index contributed by atoms with van der Waals surface area (Å²) in [6, 6.07) is 16.0. The Morgan fingerprint density at radius 1 is 1.13 bits per heavy atom. The fourth-order valence-corrected chi connectivity index (χ4v) is 4.02. The van der Waals surface area contributed by atoms with Crippen molar-refractivity contribution in [3.8, 4) is 11.4 Å². The third kappa shape index (κ3) is 5.00. The van der Waals surface area contributed by atoms with E-state index in [1.807, 2.05) is 47.0 Å². The van der Waals surface area contributed by atoms with E-state index in [4.69, 9.17) is 0 Å². The molecule has 0 saturated heterocycles. The van der Waals surface area contributed by atoms with E-state index in [0.717, 1.165) is 28.2 Å². The predicted octanol–water partition coefficient (Wildman–Crippen LogP) is 5.47. The van der Waals surface area contributed by atoms with Crippen molar-refractivity contribution in [1.82, 2.24) is 14.8 Å². The lowest BCUT2D eigenvalue weighted by Crippen LogP contribution is -2.20. The van der Waals surface area contributed by atoms with Gasteiger partial charge in [0.25, 0.3) is 0 Å². The molecule has 5 nitrogen and oxygen atoms in total. The number of hydrogen-bond donors (Lipinski definition) is 1. The second-order valence-electron chi connectivity index (χ2n) is 8.15. The monoisotopic (exact) mass is 420 g/mol. The van der Waals surface area contributed by atoms with Crippen molar-refractivity contribution in [2.75, 3.05) is 11.1 Å². The second-order valence-corrected chi connectivity index (χ2v) is 9.10. The van der Waals surface area contributed by atoms with E-state index in [9.17, 15) is 4.79 Å². The Morgan fingerprint density at radius 2 is 1.83 bits per heavy atom. The fourth-order valence-electron chi connectivity index (χ4n) is 3.27. The number of allylic oxidation sites excluding steroid dienone is 1. The van der Waals surface area contributed by atoms with Crippen molar-refractivity contribution in [2.24, 2.45) is 0 Å². The summed E-state index contributed by atoms with van der Waals surface area (Å²) in [5.74, 6) is 0.970. The molecule has 0 fully saturated rings. The summed E-state index contributed by atoms with van der Waals surface area (Å²) in [4.78, 5) is 12.7. The number of rotatable bonds is 7. The first kappa shape index (κ1) is 21.8. The van der Waals surface area contributed by atoms with Crippen LogP contribution in [0, 0.1) is 6.92 Å². The van der Waals surface area contributed by atoms with Crippen LogP contribution in [0.1, 0.15) is 31.9 Å². The van der Waals surface area contributed by atoms with Gasteiger partial charge in [0.2, 0.25) is 5.91 Å². The van der Waals surface area contributed by atoms with Crippen LogP contribution in [-0.2, 0) is 16.8 Å². The molecule has 0 spiro atoms. The Labute approximate surface area is 182 Å². The SMILES string of the molecule is C=CCn1c(SCC(=O)Nc2ccccc2C(C)(C)C)nnc1-c1ccccc1C. The Bertz CT molecular complexity index is 1050. The lowest BCUT2D eigenvalue weighted by Gasteiger charge is -2.22. The van der Waals surface area contributed by atoms with Crippen molar-refractivity contribution in [3.63, 3.8) is 0 Å². The van der Waals surface area contributed by atoms with E-state index >= 15 is 0 Å². The molecule has 1 N–H and O–H groups in total. The lowest BCUT2D eigenvalue weighted by molar-refractivity contribution is -0.113. The van der Waals surface area contributed by atoms with Crippen molar-refractivity contribution >= 4 is 23.4 Å². The summed E-state index contributed by atoms with van der Waals surface area (Å²) in [6.07, 6.45) is 1.81. The van der Waals surface area contributed by atoms with Crippen molar-refractivity contribution in [3.05, 3.63) is 72.3 Å². The zero-order valence-corrected chi connectivity index (χ0v) is 18.8. The van der Waals surface area contributed by atoms with Gasteiger partial charge in [-0.2, -0.15) is 0 Å². The summed E-state index contributed by atoms with van der Waals surface area (Å²) < 4.78 is 2.00. The lowest BCUT2D eigenvalue weighted by atomic mass is 9.86. The molecule has 1 aromatic heterocycles. The molecule has 0 atom stereocenters. The third-order valence-electron chi connectivity index (χ3n) is 4.76. The van der Waals surface area contributed by atoms with E-state index in [1.165, 1.54) is 11.8 Å². The molecule has 0 unspecified atom stereocenters. The van der Waals surface area contributed by atoms with Gasteiger partial charge >= 0.3 is 0 Å². The number of thioether (sulfide) groups is 1. The predicted molar refractivity (Wildman–Crippen MR) is 125 cm³/mol. The smallest absolute Gasteiger partial charge is 0.234 e. The van der Waals surface area contributed by atoms with E-state index in [1.54, 1.807) is 0 Å². The molecule has 0 radical (unpaired) electrons. The molecule has 3 aromatic rings. The first-order valence-electron chi connectivity index (χ1n) is 9.93. The largest absolute Gasteiger partial charge is 0.325 e. The summed E-state index contributed by atoms with van der Waals surface area (Å²) >= 11 is 1.38. The highest BCUT2D eigenvalue weighted by Crippen LogP contribution is 2.30. The molecule has 0 saturated carbocycles. The van der Waals surface area contributed by atoms with Crippen LogP contribution in [-0.4, -0.2) is 26.4 Å². The first-order chi connectivity index (χ1) is 14.3. The van der Waals surface area contributed by atoms with Crippen LogP contribution in [0.4, 0.5) is 5.69 Å². The number of aryl methyl sites for hydroxylation is 1. The maximum atomic E-state index is 12.7. The number of nitrogens with zero attached hydrogens (tertiary/aromatic N) is 3. The number of benzene rings is 2. The van der Waals surface area contributed by atoms with Crippen LogP contribution in [0.5, 0.6) is 0 Å². The van der Waals surface area contributed by atoms with Crippen LogP contribution in [0.15, 0.2) is 66.3 Å². The first-order valence-corrected chi connectivity index (χ1v) is 10.9. The molecule has 0 bridgehead atoms. The average Bonchev–Trinajstić information content (AvgIpc) is 3.09. The Kier molecular flexibility index (Phi) is 6.77. The van der Waals surface area contributed by atoms with Gasteiger partial charge < -0.3 is 5.32 Å². The molecule has 0 aliphatic carbocycles. The van der Waals surface area contributed by atoms with Crippen LogP contribution in [0.25, 0.3) is 11.4 Å². The molecule has 1 amide bonds. The van der Waals surface area contributed by atoms with Crippen molar-refractivity contribution in [2.45, 2.75) is 44.8 Å². The summed E-state index contributed by atoms with van der Waals surface area (Å²) in [7, 11) is 0. The molecule has 6 heteroatoms. The van der Waals surface area contributed by atoms with Gasteiger partial charge in [0, 0.05) is 17.8 Å². The van der Waals surface area contributed by atoms with Crippen molar-refractivity contribution < 1.29 is 4.79 Å². The minimum atomic E-state index is -0.0673. The number of para-hydroxylation sites is 1. The Morgan fingerprint density at radius 3 is 2.53 bits per heavy atom. The van der Waals surface area contributed by atoms with Gasteiger partial charge in [-0.3, -0.25) is 9.36 Å². The fraction of sp³-hybridized carbons (Fsp3) is 0.292. The average molecular weight is 421 g/mol. The van der Waals surface area contributed by atoms with Gasteiger partial charge in [0.15, 0.2) is 11.0 Å². The molecule has 2 aromatic carbocycles. The number of carbonyl (C=O) groups excluding carboxylic acids is 1. The van der Waals surface area contributed by atoms with Gasteiger partial charge in [-0.05, 0) is 29.5 Å². The van der Waals surface area contributed by atoms with E-state index in [2.05, 4.69) is 61.9 Å². The van der Waals surface area contributed by atoms with Crippen molar-refractivity contribution in [1.29, 1.82) is 0 Å². The van der Waals surface area contributed by atoms with Gasteiger partial charge in [0.1, 0.15) is 0 Å². The van der Waals surface area contributed by atoms with Crippen LogP contribution in [0.3, 0.4) is 0 Å². The van der Waals surface area contributed by atoms with E-state index in [-0.39, 0.29) is 17.1 Å². The number of amides is 1. The normalized spacial score (nSPS) is 11.3. The molecule has 30 heavy (non-hydrogen) atoms. The highest BCUT2D eigenvalue weighted by atomic mass is 32.2. The van der Waals surface area contributed by atoms with Crippen LogP contribution in [0.2, 0.25) is 0 Å². The maximum Gasteiger partial charge on any atom is 0.234 e. The van der Waals surface area contributed by atoms with Gasteiger partial charge in [-0.25, -0.2) is 0 Å². The summed E-state index contributed by atoms with van der Waals surface area (Å²) in [5.41, 5.74) is 4.07. The molecule has 1 heterocycles. The number of aromatic nitrogens is 3. The zero-order valence-electron chi connectivity index (χ0n) is 18.0. The topological polar surface area (TPSA) is 59.8 Å². The van der Waals surface area contributed by atoms with E-state index in [0.29, 0.717) is 11.7 Å². The molecular formula is C24H28N4OS.